The van der Waals surface area contributed by atoms with Gasteiger partial charge in [-0.3, -0.25) is 0 Å². The van der Waals surface area contributed by atoms with Crippen molar-refractivity contribution >= 4 is 55.5 Å². The Balaban J connectivity index is 2.37. The minimum atomic E-state index is -1.03. The summed E-state index contributed by atoms with van der Waals surface area (Å²) in [7, 11) is 0. The van der Waals surface area contributed by atoms with Crippen LogP contribution in [-0.2, 0) is 11.4 Å². The molecule has 25 heavy (non-hydrogen) atoms. The number of aliphatic carboxylic acids is 1. The van der Waals surface area contributed by atoms with E-state index in [1.807, 2.05) is 25.1 Å². The van der Waals surface area contributed by atoms with Gasteiger partial charge in [0.15, 0.2) is 11.5 Å². The molecule has 0 bridgehead atoms. The summed E-state index contributed by atoms with van der Waals surface area (Å²) in [6.45, 7) is 2.58. The van der Waals surface area contributed by atoms with Gasteiger partial charge in [-0.05, 0) is 62.6 Å². The molecule has 0 atom stereocenters. The molecule has 0 radical (unpaired) electrons. The van der Waals surface area contributed by atoms with Gasteiger partial charge in [0.1, 0.15) is 6.61 Å². The van der Waals surface area contributed by atoms with Crippen LogP contribution in [0.4, 0.5) is 0 Å². The highest BCUT2D eigenvalue weighted by Crippen LogP contribution is 2.43. The molecule has 0 spiro atoms. The molecule has 2 rings (SSSR count). The minimum absolute atomic E-state index is 0.273. The Kier molecular flexibility index (Phi) is 7.35. The van der Waals surface area contributed by atoms with Crippen LogP contribution >= 0.6 is 43.5 Å². The monoisotopic (exact) mass is 488 g/mol. The lowest BCUT2D eigenvalue weighted by Crippen LogP contribution is -2.02. The summed E-state index contributed by atoms with van der Waals surface area (Å²) < 4.78 is 12.9. The maximum atomic E-state index is 10.8. The Labute approximate surface area is 167 Å². The van der Waals surface area contributed by atoms with E-state index in [1.165, 1.54) is 6.08 Å². The lowest BCUT2D eigenvalue weighted by atomic mass is 10.2. The number of hydrogen-bond donors (Lipinski definition) is 1. The number of carbonyl (C=O) groups is 1. The van der Waals surface area contributed by atoms with E-state index < -0.39 is 5.97 Å². The Morgan fingerprint density at radius 1 is 1.24 bits per heavy atom. The molecule has 4 nitrogen and oxygen atoms in total. The Bertz CT molecular complexity index is 806. The topological polar surface area (TPSA) is 55.8 Å². The average Bonchev–Trinajstić information content (AvgIpc) is 2.58. The van der Waals surface area contributed by atoms with Crippen LogP contribution in [0.15, 0.2) is 45.4 Å². The van der Waals surface area contributed by atoms with Crippen molar-refractivity contribution < 1.29 is 19.4 Å². The molecular weight excluding hydrogens is 475 g/mol. The van der Waals surface area contributed by atoms with Crippen molar-refractivity contribution in [2.24, 2.45) is 0 Å². The zero-order valence-electron chi connectivity index (χ0n) is 13.3. The van der Waals surface area contributed by atoms with Crippen molar-refractivity contribution in [1.82, 2.24) is 0 Å². The fraction of sp³-hybridized carbons (Fsp3) is 0.167. The Hall–Kier alpha value is -1.50. The van der Waals surface area contributed by atoms with Crippen LogP contribution in [0.3, 0.4) is 0 Å². The second-order valence-corrected chi connectivity index (χ2v) is 6.90. The quantitative estimate of drug-likeness (QED) is 0.488. The molecule has 0 aromatic heterocycles. The molecule has 0 heterocycles. The van der Waals surface area contributed by atoms with E-state index in [0.717, 1.165) is 11.6 Å². The lowest BCUT2D eigenvalue weighted by molar-refractivity contribution is -0.131. The van der Waals surface area contributed by atoms with Gasteiger partial charge in [0, 0.05) is 21.1 Å². The van der Waals surface area contributed by atoms with Crippen molar-refractivity contribution in [3.8, 4) is 11.5 Å². The molecule has 2 aromatic carbocycles. The van der Waals surface area contributed by atoms with Crippen LogP contribution in [-0.4, -0.2) is 17.7 Å². The van der Waals surface area contributed by atoms with Gasteiger partial charge >= 0.3 is 5.97 Å². The van der Waals surface area contributed by atoms with E-state index in [-0.39, 0.29) is 6.61 Å². The van der Waals surface area contributed by atoms with Gasteiger partial charge in [-0.2, -0.15) is 0 Å². The van der Waals surface area contributed by atoms with Gasteiger partial charge in [0.05, 0.1) is 11.1 Å². The molecule has 132 valence electrons. The summed E-state index contributed by atoms with van der Waals surface area (Å²) in [5.74, 6) is -0.00387. The predicted octanol–water partition coefficient (Wildman–Crippen LogP) is 5.94. The molecule has 0 amide bonds. The van der Waals surface area contributed by atoms with Crippen molar-refractivity contribution in [2.45, 2.75) is 13.5 Å². The number of ether oxygens (including phenoxy) is 2. The van der Waals surface area contributed by atoms with Gasteiger partial charge in [-0.15, -0.1) is 0 Å². The number of carboxylic acid groups (broad SMARTS) is 1. The molecule has 0 aliphatic rings. The third-order valence-corrected chi connectivity index (χ3v) is 5.70. The molecule has 7 heteroatoms. The van der Waals surface area contributed by atoms with E-state index in [0.29, 0.717) is 37.6 Å². The normalized spacial score (nSPS) is 10.9. The van der Waals surface area contributed by atoms with Crippen LogP contribution in [0, 0.1) is 0 Å². The molecule has 0 fully saturated rings. The zero-order chi connectivity index (χ0) is 18.4. The molecule has 0 saturated heterocycles. The molecule has 1 N–H and O–H groups in total. The van der Waals surface area contributed by atoms with Gasteiger partial charge in [-0.1, -0.05) is 29.8 Å². The standard InChI is InChI=1S/C18H15Br2ClO4/c1-2-24-14-9-11(7-8-15(22)23)16(19)17(20)18(14)25-10-12-5-3-4-6-13(12)21/h3-9H,2,10H2,1H3,(H,22,23)/b8-7+. The second kappa shape index (κ2) is 9.27. The second-order valence-electron chi connectivity index (χ2n) is 4.91. The van der Waals surface area contributed by atoms with Gasteiger partial charge in [0.25, 0.3) is 0 Å². The summed E-state index contributed by atoms with van der Waals surface area (Å²) in [5.41, 5.74) is 1.51. The number of halogens is 3. The SMILES string of the molecule is CCOc1cc(/C=C/C(=O)O)c(Br)c(Br)c1OCc1ccccc1Cl. The molecule has 0 aliphatic heterocycles. The van der Waals surface area contributed by atoms with Crippen molar-refractivity contribution in [3.05, 3.63) is 61.5 Å². The van der Waals surface area contributed by atoms with Crippen LogP contribution in [0.5, 0.6) is 11.5 Å². The fourth-order valence-corrected chi connectivity index (χ4v) is 3.21. The highest BCUT2D eigenvalue weighted by molar-refractivity contribution is 9.13. The first-order valence-corrected chi connectivity index (χ1v) is 9.32. The summed E-state index contributed by atoms with van der Waals surface area (Å²) in [6, 6.07) is 9.15. The zero-order valence-corrected chi connectivity index (χ0v) is 17.2. The maximum Gasteiger partial charge on any atom is 0.328 e. The molecule has 2 aromatic rings. The number of hydrogen-bond acceptors (Lipinski definition) is 3. The highest BCUT2D eigenvalue weighted by Gasteiger charge is 2.17. The predicted molar refractivity (Wildman–Crippen MR) is 105 cm³/mol. The minimum Gasteiger partial charge on any atom is -0.490 e. The van der Waals surface area contributed by atoms with Crippen molar-refractivity contribution in [3.63, 3.8) is 0 Å². The van der Waals surface area contributed by atoms with Crippen molar-refractivity contribution in [2.75, 3.05) is 6.61 Å². The van der Waals surface area contributed by atoms with Crippen molar-refractivity contribution in [1.29, 1.82) is 0 Å². The van der Waals surface area contributed by atoms with E-state index >= 15 is 0 Å². The first-order valence-electron chi connectivity index (χ1n) is 7.36. The number of carboxylic acids is 1. The number of benzene rings is 2. The van der Waals surface area contributed by atoms with Gasteiger partial charge in [0.2, 0.25) is 0 Å². The largest absolute Gasteiger partial charge is 0.490 e. The lowest BCUT2D eigenvalue weighted by Gasteiger charge is -2.17. The first kappa shape index (κ1) is 19.8. The summed E-state index contributed by atoms with van der Waals surface area (Å²) in [5, 5.41) is 9.44. The molecule has 0 unspecified atom stereocenters. The third kappa shape index (κ3) is 5.23. The van der Waals surface area contributed by atoms with Crippen LogP contribution in [0.2, 0.25) is 5.02 Å². The van der Waals surface area contributed by atoms with Gasteiger partial charge in [-0.25, -0.2) is 4.79 Å². The van der Waals surface area contributed by atoms with E-state index in [2.05, 4.69) is 31.9 Å². The van der Waals surface area contributed by atoms with E-state index in [4.69, 9.17) is 26.2 Å². The van der Waals surface area contributed by atoms with Gasteiger partial charge < -0.3 is 14.6 Å². The average molecular weight is 491 g/mol. The van der Waals surface area contributed by atoms with E-state index in [1.54, 1.807) is 12.1 Å². The maximum absolute atomic E-state index is 10.8. The van der Waals surface area contributed by atoms with Crippen LogP contribution in [0.25, 0.3) is 6.08 Å². The Morgan fingerprint density at radius 2 is 1.96 bits per heavy atom. The fourth-order valence-electron chi connectivity index (χ4n) is 2.05. The number of rotatable bonds is 7. The summed E-state index contributed by atoms with van der Waals surface area (Å²) in [6.07, 6.45) is 2.55. The summed E-state index contributed by atoms with van der Waals surface area (Å²) >= 11 is 13.1. The summed E-state index contributed by atoms with van der Waals surface area (Å²) in [4.78, 5) is 10.8. The van der Waals surface area contributed by atoms with Crippen LogP contribution in [0.1, 0.15) is 18.1 Å². The van der Waals surface area contributed by atoms with E-state index in [9.17, 15) is 4.79 Å². The highest BCUT2D eigenvalue weighted by atomic mass is 79.9. The molecule has 0 saturated carbocycles. The van der Waals surface area contributed by atoms with Crippen LogP contribution < -0.4 is 9.47 Å². The first-order chi connectivity index (χ1) is 11.9. The molecule has 0 aliphatic carbocycles. The third-order valence-electron chi connectivity index (χ3n) is 3.19. The Morgan fingerprint density at radius 3 is 2.60 bits per heavy atom. The smallest absolute Gasteiger partial charge is 0.328 e. The molecular formula is C18H15Br2ClO4.